The molecule has 0 unspecified atom stereocenters. The molecule has 1 aliphatic carbocycles. The minimum atomic E-state index is -0.965. The quantitative estimate of drug-likeness (QED) is 0.776. The Morgan fingerprint density at radius 3 is 2.46 bits per heavy atom. The van der Waals surface area contributed by atoms with Gasteiger partial charge >= 0.3 is 5.97 Å². The van der Waals surface area contributed by atoms with E-state index >= 15 is 0 Å². The van der Waals surface area contributed by atoms with Crippen LogP contribution in [0.4, 0.5) is 0 Å². The van der Waals surface area contributed by atoms with Crippen molar-refractivity contribution in [2.45, 2.75) is 38.8 Å². The van der Waals surface area contributed by atoms with Crippen LogP contribution in [-0.4, -0.2) is 24.5 Å². The molecule has 1 aliphatic rings. The third-order valence-corrected chi connectivity index (χ3v) is 4.35. The molecule has 5 heteroatoms. The Morgan fingerprint density at radius 1 is 1.08 bits per heavy atom. The second-order valence-electron chi connectivity index (χ2n) is 6.60. The fourth-order valence-electron chi connectivity index (χ4n) is 2.52. The van der Waals surface area contributed by atoms with E-state index in [1.165, 1.54) is 0 Å². The van der Waals surface area contributed by atoms with Gasteiger partial charge in [0.1, 0.15) is 5.75 Å². The van der Waals surface area contributed by atoms with E-state index in [4.69, 9.17) is 9.47 Å². The summed E-state index contributed by atoms with van der Waals surface area (Å²) < 4.78 is 10.9. The van der Waals surface area contributed by atoms with Crippen molar-refractivity contribution in [1.82, 2.24) is 5.32 Å². The smallest absolute Gasteiger partial charge is 0.345 e. The topological polar surface area (TPSA) is 64.6 Å². The van der Waals surface area contributed by atoms with E-state index in [0.29, 0.717) is 11.3 Å². The van der Waals surface area contributed by atoms with Crippen LogP contribution in [0.5, 0.6) is 5.75 Å². The molecule has 1 N–H and O–H groups in total. The number of carbonyl (C=O) groups excluding carboxylic acids is 2. The van der Waals surface area contributed by atoms with E-state index in [0.717, 1.165) is 24.0 Å². The molecule has 1 amide bonds. The molecule has 0 bridgehead atoms. The normalized spacial score (nSPS) is 14.4. The number of rotatable bonds is 7. The van der Waals surface area contributed by atoms with Crippen LogP contribution in [0.15, 0.2) is 48.5 Å². The third-order valence-electron chi connectivity index (χ3n) is 4.35. The average molecular weight is 353 g/mol. The van der Waals surface area contributed by atoms with Gasteiger partial charge in [0.05, 0.1) is 0 Å². The van der Waals surface area contributed by atoms with E-state index in [9.17, 15) is 9.59 Å². The number of aryl methyl sites for hydroxylation is 2. The number of nitrogens with one attached hydrogen (secondary N) is 1. The highest BCUT2D eigenvalue weighted by Gasteiger charge is 2.30. The maximum absolute atomic E-state index is 12.5. The van der Waals surface area contributed by atoms with Crippen molar-refractivity contribution >= 4 is 11.9 Å². The Balaban J connectivity index is 1.62. The van der Waals surface area contributed by atoms with Crippen molar-refractivity contribution < 1.29 is 19.1 Å². The molecule has 3 rings (SSSR count). The van der Waals surface area contributed by atoms with E-state index in [1.807, 2.05) is 50.2 Å². The Hall–Kier alpha value is -2.82. The van der Waals surface area contributed by atoms with E-state index < -0.39 is 12.1 Å². The first-order valence-electron chi connectivity index (χ1n) is 8.78. The van der Waals surface area contributed by atoms with Gasteiger partial charge in [-0.15, -0.1) is 0 Å². The molecule has 1 atom stereocenters. The number of hydrogen-bond acceptors (Lipinski definition) is 4. The SMILES string of the molecule is Cc1ccc(OCC(=O)O[C@H](C(=O)NC2CC2)c2ccccc2)cc1C. The number of amides is 1. The van der Waals surface area contributed by atoms with Crippen LogP contribution >= 0.6 is 0 Å². The van der Waals surface area contributed by atoms with Crippen LogP contribution < -0.4 is 10.1 Å². The molecular formula is C21H23NO4. The van der Waals surface area contributed by atoms with Gasteiger partial charge in [0.25, 0.3) is 5.91 Å². The molecule has 1 fully saturated rings. The lowest BCUT2D eigenvalue weighted by Crippen LogP contribution is -2.34. The highest BCUT2D eigenvalue weighted by atomic mass is 16.6. The zero-order valence-electron chi connectivity index (χ0n) is 15.0. The van der Waals surface area contributed by atoms with Crippen molar-refractivity contribution in [1.29, 1.82) is 0 Å². The van der Waals surface area contributed by atoms with E-state index in [2.05, 4.69) is 5.32 Å². The number of hydrogen-bond donors (Lipinski definition) is 1. The summed E-state index contributed by atoms with van der Waals surface area (Å²) >= 11 is 0. The van der Waals surface area contributed by atoms with Crippen molar-refractivity contribution in [3.63, 3.8) is 0 Å². The Kier molecular flexibility index (Phi) is 5.56. The highest BCUT2D eigenvalue weighted by Crippen LogP contribution is 2.23. The lowest BCUT2D eigenvalue weighted by atomic mass is 10.1. The maximum atomic E-state index is 12.5. The molecule has 0 radical (unpaired) electrons. The predicted molar refractivity (Wildman–Crippen MR) is 97.9 cm³/mol. The van der Waals surface area contributed by atoms with E-state index in [1.54, 1.807) is 12.1 Å². The number of ether oxygens (including phenoxy) is 2. The first-order chi connectivity index (χ1) is 12.5. The van der Waals surface area contributed by atoms with Crippen molar-refractivity contribution in [3.8, 4) is 5.75 Å². The second-order valence-corrected chi connectivity index (χ2v) is 6.60. The van der Waals surface area contributed by atoms with Gasteiger partial charge in [0.15, 0.2) is 6.61 Å². The van der Waals surface area contributed by atoms with Gasteiger partial charge < -0.3 is 14.8 Å². The summed E-state index contributed by atoms with van der Waals surface area (Å²) in [7, 11) is 0. The number of benzene rings is 2. The molecule has 0 saturated heterocycles. The molecule has 5 nitrogen and oxygen atoms in total. The standard InChI is InChI=1S/C21H23NO4/c1-14-8-11-18(12-15(14)2)25-13-19(23)26-20(16-6-4-3-5-7-16)21(24)22-17-9-10-17/h3-8,11-12,17,20H,9-10,13H2,1-2H3,(H,22,24)/t20-/m0/s1. The van der Waals surface area contributed by atoms with Gasteiger partial charge in [-0.05, 0) is 49.9 Å². The Bertz CT molecular complexity index is 784. The summed E-state index contributed by atoms with van der Waals surface area (Å²) in [5.41, 5.74) is 2.88. The first-order valence-corrected chi connectivity index (χ1v) is 8.78. The summed E-state index contributed by atoms with van der Waals surface area (Å²) in [5.74, 6) is -0.273. The molecule has 0 spiro atoms. The van der Waals surface area contributed by atoms with Crippen LogP contribution in [0.3, 0.4) is 0 Å². The summed E-state index contributed by atoms with van der Waals surface area (Å²) in [5, 5.41) is 2.89. The molecule has 26 heavy (non-hydrogen) atoms. The molecule has 2 aromatic rings. The Morgan fingerprint density at radius 2 is 1.81 bits per heavy atom. The fourth-order valence-corrected chi connectivity index (χ4v) is 2.52. The average Bonchev–Trinajstić information content (AvgIpc) is 3.45. The number of carbonyl (C=O) groups is 2. The highest BCUT2D eigenvalue weighted by molar-refractivity contribution is 5.85. The monoisotopic (exact) mass is 353 g/mol. The Labute approximate surface area is 153 Å². The minimum absolute atomic E-state index is 0.194. The zero-order chi connectivity index (χ0) is 18.5. The van der Waals surface area contributed by atoms with Gasteiger partial charge in [-0.25, -0.2) is 4.79 Å². The molecule has 0 aromatic heterocycles. The number of esters is 1. The van der Waals surface area contributed by atoms with Crippen LogP contribution in [0.1, 0.15) is 35.6 Å². The van der Waals surface area contributed by atoms with Gasteiger partial charge in [-0.1, -0.05) is 36.4 Å². The molecule has 136 valence electrons. The van der Waals surface area contributed by atoms with Gasteiger partial charge in [0, 0.05) is 11.6 Å². The van der Waals surface area contributed by atoms with Crippen LogP contribution in [0, 0.1) is 13.8 Å². The summed E-state index contributed by atoms with van der Waals surface area (Å²) in [6.07, 6.45) is 0.974. The second kappa shape index (κ2) is 8.04. The molecular weight excluding hydrogens is 330 g/mol. The predicted octanol–water partition coefficient (Wildman–Crippen LogP) is 3.25. The summed E-state index contributed by atoms with van der Waals surface area (Å²) in [6.45, 7) is 3.74. The van der Waals surface area contributed by atoms with Gasteiger partial charge in [-0.3, -0.25) is 4.79 Å². The van der Waals surface area contributed by atoms with Crippen LogP contribution in [0.2, 0.25) is 0 Å². The van der Waals surface area contributed by atoms with Crippen molar-refractivity contribution in [3.05, 3.63) is 65.2 Å². The van der Waals surface area contributed by atoms with E-state index in [-0.39, 0.29) is 18.6 Å². The van der Waals surface area contributed by atoms with Crippen molar-refractivity contribution in [2.75, 3.05) is 6.61 Å². The molecule has 0 aliphatic heterocycles. The summed E-state index contributed by atoms with van der Waals surface area (Å²) in [4.78, 5) is 24.7. The maximum Gasteiger partial charge on any atom is 0.345 e. The van der Waals surface area contributed by atoms with Crippen molar-refractivity contribution in [2.24, 2.45) is 0 Å². The molecule has 2 aromatic carbocycles. The van der Waals surface area contributed by atoms with Gasteiger partial charge in [0.2, 0.25) is 6.10 Å². The largest absolute Gasteiger partial charge is 0.482 e. The lowest BCUT2D eigenvalue weighted by molar-refractivity contribution is -0.158. The third kappa shape index (κ3) is 4.85. The molecule has 1 saturated carbocycles. The fraction of sp³-hybridized carbons (Fsp3) is 0.333. The molecule has 0 heterocycles. The van der Waals surface area contributed by atoms with Gasteiger partial charge in [-0.2, -0.15) is 0 Å². The zero-order valence-corrected chi connectivity index (χ0v) is 15.0. The van der Waals surface area contributed by atoms with Crippen LogP contribution in [-0.2, 0) is 14.3 Å². The van der Waals surface area contributed by atoms with Crippen LogP contribution in [0.25, 0.3) is 0 Å². The minimum Gasteiger partial charge on any atom is -0.482 e. The lowest BCUT2D eigenvalue weighted by Gasteiger charge is -2.18. The first kappa shape index (κ1) is 18.0. The summed E-state index contributed by atoms with van der Waals surface area (Å²) in [6, 6.07) is 14.8.